The van der Waals surface area contributed by atoms with Gasteiger partial charge in [-0.3, -0.25) is 0 Å². The number of halogens is 3. The van der Waals surface area contributed by atoms with Crippen molar-refractivity contribution in [2.45, 2.75) is 43.5 Å². The number of nitrogens with one attached hydrogen (secondary N) is 1. The van der Waals surface area contributed by atoms with Crippen LogP contribution in [-0.2, 0) is 4.74 Å². The van der Waals surface area contributed by atoms with E-state index in [0.717, 1.165) is 11.8 Å². The average molecular weight is 363 g/mol. The Hall–Kier alpha value is -1.87. The maximum absolute atomic E-state index is 12.4. The van der Waals surface area contributed by atoms with Crippen LogP contribution in [0.25, 0.3) is 0 Å². The van der Waals surface area contributed by atoms with Crippen LogP contribution in [-0.4, -0.2) is 29.1 Å². The predicted molar refractivity (Wildman–Crippen MR) is 82.9 cm³/mol. The van der Waals surface area contributed by atoms with Gasteiger partial charge in [0, 0.05) is 11.0 Å². The number of aliphatic hydroxyl groups is 1. The molecule has 1 aliphatic rings. The zero-order chi connectivity index (χ0) is 18.1. The molecular formula is C15H16F3NO4S. The lowest BCUT2D eigenvalue weighted by Gasteiger charge is -2.18. The van der Waals surface area contributed by atoms with Crippen LogP contribution in [0.4, 0.5) is 23.7 Å². The Balaban J connectivity index is 2.06. The highest BCUT2D eigenvalue weighted by Gasteiger charge is 2.37. The van der Waals surface area contributed by atoms with Crippen molar-refractivity contribution in [3.63, 3.8) is 0 Å². The van der Waals surface area contributed by atoms with Crippen LogP contribution < -0.4 is 10.1 Å². The fraction of sp³-hybridized carbons (Fsp3) is 0.400. The van der Waals surface area contributed by atoms with Crippen molar-refractivity contribution in [2.75, 3.05) is 5.32 Å². The molecule has 0 fully saturated rings. The zero-order valence-electron chi connectivity index (χ0n) is 13.1. The number of rotatable bonds is 2. The first-order valence-electron chi connectivity index (χ1n) is 6.90. The minimum Gasteiger partial charge on any atom is -0.428 e. The monoisotopic (exact) mass is 363 g/mol. The number of aliphatic hydroxyl groups excluding tert-OH is 1. The third-order valence-corrected chi connectivity index (χ3v) is 3.70. The van der Waals surface area contributed by atoms with Crippen molar-refractivity contribution >= 4 is 23.6 Å². The largest absolute Gasteiger partial charge is 0.514 e. The van der Waals surface area contributed by atoms with Gasteiger partial charge in [0.15, 0.2) is 6.10 Å². The molecule has 1 unspecified atom stereocenters. The van der Waals surface area contributed by atoms with Crippen molar-refractivity contribution < 1.29 is 32.5 Å². The number of anilines is 1. The maximum atomic E-state index is 12.4. The molecule has 1 aliphatic heterocycles. The number of fused-ring (bicyclic) bond motifs is 1. The van der Waals surface area contributed by atoms with Gasteiger partial charge in [0.2, 0.25) is 0 Å². The second-order valence-electron chi connectivity index (χ2n) is 5.97. The SMILES string of the molecule is CC(C)(C)OC(=O)Oc1ccc2c(c1)N/C(=C\C(O)C(F)(F)F)S2. The molecule has 5 nitrogen and oxygen atoms in total. The highest BCUT2D eigenvalue weighted by atomic mass is 32.2. The van der Waals surface area contributed by atoms with E-state index in [9.17, 15) is 18.0 Å². The molecule has 132 valence electrons. The van der Waals surface area contributed by atoms with E-state index < -0.39 is 24.0 Å². The van der Waals surface area contributed by atoms with Gasteiger partial charge < -0.3 is 19.9 Å². The fourth-order valence-electron chi connectivity index (χ4n) is 1.72. The van der Waals surface area contributed by atoms with Crippen LogP contribution in [0.3, 0.4) is 0 Å². The molecular weight excluding hydrogens is 347 g/mol. The molecule has 0 spiro atoms. The first-order valence-corrected chi connectivity index (χ1v) is 7.72. The molecule has 2 rings (SSSR count). The Kier molecular flexibility index (Phi) is 5.05. The number of carbonyl (C=O) groups is 1. The highest BCUT2D eigenvalue weighted by Crippen LogP contribution is 2.43. The molecule has 0 aliphatic carbocycles. The van der Waals surface area contributed by atoms with E-state index in [4.69, 9.17) is 14.6 Å². The van der Waals surface area contributed by atoms with Crippen molar-refractivity contribution in [1.82, 2.24) is 0 Å². The van der Waals surface area contributed by atoms with Crippen molar-refractivity contribution in [1.29, 1.82) is 0 Å². The zero-order valence-corrected chi connectivity index (χ0v) is 13.9. The second kappa shape index (κ2) is 6.56. The Morgan fingerprint density at radius 3 is 2.58 bits per heavy atom. The van der Waals surface area contributed by atoms with Crippen molar-refractivity contribution in [2.24, 2.45) is 0 Å². The summed E-state index contributed by atoms with van der Waals surface area (Å²) in [5.41, 5.74) is -0.229. The summed E-state index contributed by atoms with van der Waals surface area (Å²) in [7, 11) is 0. The van der Waals surface area contributed by atoms with E-state index in [0.29, 0.717) is 16.7 Å². The molecule has 2 N–H and O–H groups in total. The molecule has 0 saturated heterocycles. The highest BCUT2D eigenvalue weighted by molar-refractivity contribution is 8.03. The van der Waals surface area contributed by atoms with E-state index in [1.165, 1.54) is 12.1 Å². The minimum absolute atomic E-state index is 0.143. The van der Waals surface area contributed by atoms with E-state index >= 15 is 0 Å². The van der Waals surface area contributed by atoms with Crippen LogP contribution in [0.1, 0.15) is 20.8 Å². The lowest BCUT2D eigenvalue weighted by molar-refractivity contribution is -0.187. The second-order valence-corrected chi connectivity index (χ2v) is 7.05. The topological polar surface area (TPSA) is 67.8 Å². The molecule has 1 heterocycles. The molecule has 24 heavy (non-hydrogen) atoms. The number of hydrogen-bond acceptors (Lipinski definition) is 6. The third kappa shape index (κ3) is 5.07. The van der Waals surface area contributed by atoms with Gasteiger partial charge in [0.05, 0.1) is 10.7 Å². The summed E-state index contributed by atoms with van der Waals surface area (Å²) in [6.45, 7) is 5.08. The standard InChI is InChI=1S/C15H16F3NO4S/c1-14(2,3)23-13(21)22-8-4-5-10-9(6-8)19-12(24-10)7-11(20)15(16,17)18/h4-7,11,19-20H,1-3H3/b12-7+. The lowest BCUT2D eigenvalue weighted by Crippen LogP contribution is -2.26. The minimum atomic E-state index is -4.73. The van der Waals surface area contributed by atoms with Gasteiger partial charge in [-0.05, 0) is 39.0 Å². The van der Waals surface area contributed by atoms with Gasteiger partial charge in [0.1, 0.15) is 11.4 Å². The van der Waals surface area contributed by atoms with E-state index in [1.807, 2.05) is 0 Å². The Morgan fingerprint density at radius 1 is 1.33 bits per heavy atom. The van der Waals surface area contributed by atoms with Crippen LogP contribution in [0, 0.1) is 0 Å². The summed E-state index contributed by atoms with van der Waals surface area (Å²) >= 11 is 1.04. The summed E-state index contributed by atoms with van der Waals surface area (Å²) in [5.74, 6) is 0.189. The quantitative estimate of drug-likeness (QED) is 0.604. The molecule has 9 heteroatoms. The number of benzene rings is 1. The molecule has 1 atom stereocenters. The normalized spacial score (nSPS) is 17.2. The Bertz CT molecular complexity index is 668. The summed E-state index contributed by atoms with van der Waals surface area (Å²) in [5, 5.41) is 11.9. The van der Waals surface area contributed by atoms with Gasteiger partial charge in [-0.1, -0.05) is 11.8 Å². The molecule has 0 saturated carbocycles. The first-order chi connectivity index (χ1) is 10.9. The molecule has 0 amide bonds. The van der Waals surface area contributed by atoms with Gasteiger partial charge in [0.25, 0.3) is 0 Å². The fourth-order valence-corrected chi connectivity index (χ4v) is 2.67. The van der Waals surface area contributed by atoms with Crippen molar-refractivity contribution in [3.05, 3.63) is 29.3 Å². The van der Waals surface area contributed by atoms with Crippen LogP contribution in [0.15, 0.2) is 34.2 Å². The number of thioether (sulfide) groups is 1. The Morgan fingerprint density at radius 2 is 2.00 bits per heavy atom. The van der Waals surface area contributed by atoms with Crippen molar-refractivity contribution in [3.8, 4) is 5.75 Å². The number of hydrogen-bond donors (Lipinski definition) is 2. The summed E-state index contributed by atoms with van der Waals surface area (Å²) in [4.78, 5) is 12.3. The van der Waals surface area contributed by atoms with Crippen LogP contribution in [0.2, 0.25) is 0 Å². The van der Waals surface area contributed by atoms with Gasteiger partial charge >= 0.3 is 12.3 Å². The Labute approximate surface area is 140 Å². The molecule has 0 radical (unpaired) electrons. The van der Waals surface area contributed by atoms with Gasteiger partial charge in [-0.25, -0.2) is 4.79 Å². The van der Waals surface area contributed by atoms with Gasteiger partial charge in [-0.2, -0.15) is 13.2 Å². The van der Waals surface area contributed by atoms with E-state index in [1.54, 1.807) is 26.8 Å². The number of ether oxygens (including phenoxy) is 2. The van der Waals surface area contributed by atoms with E-state index in [2.05, 4.69) is 5.32 Å². The molecule has 1 aromatic rings. The molecule has 0 aromatic heterocycles. The van der Waals surface area contributed by atoms with Crippen LogP contribution >= 0.6 is 11.8 Å². The first kappa shape index (κ1) is 18.5. The summed E-state index contributed by atoms with van der Waals surface area (Å²) < 4.78 is 47.2. The lowest BCUT2D eigenvalue weighted by atomic mass is 10.2. The number of alkyl halides is 3. The third-order valence-electron chi connectivity index (χ3n) is 2.66. The molecule has 0 bridgehead atoms. The number of carbonyl (C=O) groups excluding carboxylic acids is 1. The maximum Gasteiger partial charge on any atom is 0.514 e. The average Bonchev–Trinajstić information content (AvgIpc) is 2.76. The summed E-state index contributed by atoms with van der Waals surface area (Å²) in [6.07, 6.45) is -7.48. The van der Waals surface area contributed by atoms with Crippen LogP contribution in [0.5, 0.6) is 5.75 Å². The van der Waals surface area contributed by atoms with E-state index in [-0.39, 0.29) is 10.8 Å². The smallest absolute Gasteiger partial charge is 0.428 e. The molecule has 1 aromatic carbocycles. The van der Waals surface area contributed by atoms with Gasteiger partial charge in [-0.15, -0.1) is 0 Å². The summed E-state index contributed by atoms with van der Waals surface area (Å²) in [6, 6.07) is 4.56. The predicted octanol–water partition coefficient (Wildman–Crippen LogP) is 4.28.